The molecule has 0 bridgehead atoms. The molecule has 0 aliphatic carbocycles. The molecule has 1 aromatic carbocycles. The second-order valence-corrected chi connectivity index (χ2v) is 6.97. The van der Waals surface area contributed by atoms with Gasteiger partial charge in [-0.25, -0.2) is 0 Å². The van der Waals surface area contributed by atoms with Crippen LogP contribution >= 0.6 is 0 Å². The lowest BCUT2D eigenvalue weighted by Gasteiger charge is -2.36. The number of benzene rings is 1. The average molecular weight is 341 g/mol. The van der Waals surface area contributed by atoms with Crippen molar-refractivity contribution in [3.8, 4) is 5.75 Å². The van der Waals surface area contributed by atoms with Crippen LogP contribution in [0.5, 0.6) is 5.75 Å². The van der Waals surface area contributed by atoms with Crippen molar-refractivity contribution >= 4 is 5.91 Å². The number of carbonyl (C=O) groups is 1. The summed E-state index contributed by atoms with van der Waals surface area (Å²) in [6.07, 6.45) is 9.62. The van der Waals surface area contributed by atoms with Gasteiger partial charge in [0.1, 0.15) is 5.75 Å². The summed E-state index contributed by atoms with van der Waals surface area (Å²) in [6.45, 7) is 3.53. The quantitative estimate of drug-likeness (QED) is 0.877. The number of rotatable bonds is 6. The van der Waals surface area contributed by atoms with Gasteiger partial charge in [-0.15, -0.1) is 0 Å². The van der Waals surface area contributed by atoms with E-state index < -0.39 is 0 Å². The van der Waals surface area contributed by atoms with Crippen molar-refractivity contribution in [3.05, 3.63) is 47.8 Å². The van der Waals surface area contributed by atoms with Crippen LogP contribution in [0.3, 0.4) is 0 Å². The first-order chi connectivity index (χ1) is 12.1. The molecule has 0 radical (unpaired) electrons. The number of likely N-dealkylation sites (tertiary alicyclic amines) is 1. The second-order valence-electron chi connectivity index (χ2n) is 6.97. The molecule has 1 atom stereocenters. The minimum Gasteiger partial charge on any atom is -0.508 e. The summed E-state index contributed by atoms with van der Waals surface area (Å²) in [7, 11) is 0. The van der Waals surface area contributed by atoms with Gasteiger partial charge in [-0.1, -0.05) is 12.1 Å². The van der Waals surface area contributed by atoms with E-state index in [1.54, 1.807) is 12.1 Å². The van der Waals surface area contributed by atoms with Gasteiger partial charge in [-0.3, -0.25) is 9.48 Å². The normalized spacial score (nSPS) is 17.6. The SMILES string of the molecule is Cc1cnn(CCC(=O)N2CCCCC2CCc2ccc(O)cc2)c1. The summed E-state index contributed by atoms with van der Waals surface area (Å²) in [4.78, 5) is 14.8. The highest BCUT2D eigenvalue weighted by atomic mass is 16.3. The largest absolute Gasteiger partial charge is 0.508 e. The van der Waals surface area contributed by atoms with Crippen molar-refractivity contribution in [3.63, 3.8) is 0 Å². The van der Waals surface area contributed by atoms with E-state index in [0.717, 1.165) is 37.8 Å². The monoisotopic (exact) mass is 341 g/mol. The molecule has 1 fully saturated rings. The Balaban J connectivity index is 1.54. The lowest BCUT2D eigenvalue weighted by Crippen LogP contribution is -2.44. The lowest BCUT2D eigenvalue weighted by molar-refractivity contribution is -0.135. The third-order valence-electron chi connectivity index (χ3n) is 4.97. The van der Waals surface area contributed by atoms with Crippen molar-refractivity contribution in [1.29, 1.82) is 0 Å². The number of piperidine rings is 1. The number of nitrogens with zero attached hydrogens (tertiary/aromatic N) is 3. The van der Waals surface area contributed by atoms with E-state index in [0.29, 0.717) is 24.8 Å². The molecule has 1 N–H and O–H groups in total. The Labute approximate surface area is 149 Å². The second kappa shape index (κ2) is 8.19. The molecule has 1 aliphatic rings. The molecule has 2 aromatic rings. The molecule has 1 unspecified atom stereocenters. The van der Waals surface area contributed by atoms with Crippen molar-refractivity contribution in [1.82, 2.24) is 14.7 Å². The Kier molecular flexibility index (Phi) is 5.74. The van der Waals surface area contributed by atoms with Gasteiger partial charge in [-0.2, -0.15) is 5.10 Å². The average Bonchev–Trinajstić information content (AvgIpc) is 3.05. The number of phenolic OH excluding ortho intramolecular Hbond substituents is 1. The molecule has 2 heterocycles. The molecule has 5 nitrogen and oxygen atoms in total. The number of amides is 1. The Morgan fingerprint density at radius 2 is 2.08 bits per heavy atom. The summed E-state index contributed by atoms with van der Waals surface area (Å²) < 4.78 is 1.85. The summed E-state index contributed by atoms with van der Waals surface area (Å²) in [6, 6.07) is 7.71. The van der Waals surface area contributed by atoms with E-state index >= 15 is 0 Å². The first-order valence-electron chi connectivity index (χ1n) is 9.18. The molecule has 1 aromatic heterocycles. The zero-order valence-electron chi connectivity index (χ0n) is 14.9. The number of aromatic nitrogens is 2. The number of hydrogen-bond donors (Lipinski definition) is 1. The van der Waals surface area contributed by atoms with E-state index in [1.165, 1.54) is 12.0 Å². The maximum absolute atomic E-state index is 12.7. The lowest BCUT2D eigenvalue weighted by atomic mass is 9.95. The maximum Gasteiger partial charge on any atom is 0.224 e. The first-order valence-corrected chi connectivity index (χ1v) is 9.18. The molecule has 1 saturated heterocycles. The summed E-state index contributed by atoms with van der Waals surface area (Å²) in [5.41, 5.74) is 2.33. The fourth-order valence-corrected chi connectivity index (χ4v) is 3.57. The van der Waals surface area contributed by atoms with Crippen LogP contribution in [-0.4, -0.2) is 38.3 Å². The molecular formula is C20H27N3O2. The maximum atomic E-state index is 12.7. The molecule has 3 rings (SSSR count). The Morgan fingerprint density at radius 3 is 2.80 bits per heavy atom. The van der Waals surface area contributed by atoms with Gasteiger partial charge in [0.15, 0.2) is 0 Å². The van der Waals surface area contributed by atoms with E-state index in [-0.39, 0.29) is 5.91 Å². The fraction of sp³-hybridized carbons (Fsp3) is 0.500. The Morgan fingerprint density at radius 1 is 1.28 bits per heavy atom. The zero-order valence-corrected chi connectivity index (χ0v) is 14.9. The molecule has 1 amide bonds. The van der Waals surface area contributed by atoms with Crippen LogP contribution in [0, 0.1) is 6.92 Å². The van der Waals surface area contributed by atoms with Crippen molar-refractivity contribution in [2.75, 3.05) is 6.54 Å². The van der Waals surface area contributed by atoms with E-state index in [1.807, 2.05) is 36.1 Å². The molecule has 1 aliphatic heterocycles. The highest BCUT2D eigenvalue weighted by Crippen LogP contribution is 2.23. The molecule has 0 saturated carbocycles. The van der Waals surface area contributed by atoms with Crippen molar-refractivity contribution in [2.24, 2.45) is 0 Å². The van der Waals surface area contributed by atoms with Gasteiger partial charge in [0.2, 0.25) is 5.91 Å². The molecule has 25 heavy (non-hydrogen) atoms. The van der Waals surface area contributed by atoms with Gasteiger partial charge in [-0.05, 0) is 62.3 Å². The summed E-state index contributed by atoms with van der Waals surface area (Å²) in [5, 5.41) is 13.6. The van der Waals surface area contributed by atoms with Crippen molar-refractivity contribution in [2.45, 2.75) is 58.0 Å². The highest BCUT2D eigenvalue weighted by Gasteiger charge is 2.26. The van der Waals surface area contributed by atoms with Gasteiger partial charge in [0.25, 0.3) is 0 Å². The van der Waals surface area contributed by atoms with Gasteiger partial charge >= 0.3 is 0 Å². The van der Waals surface area contributed by atoms with E-state index in [4.69, 9.17) is 0 Å². The third kappa shape index (κ3) is 4.84. The smallest absolute Gasteiger partial charge is 0.224 e. The van der Waals surface area contributed by atoms with Gasteiger partial charge in [0.05, 0.1) is 6.20 Å². The van der Waals surface area contributed by atoms with E-state index in [2.05, 4.69) is 10.00 Å². The molecular weight excluding hydrogens is 314 g/mol. The summed E-state index contributed by atoms with van der Waals surface area (Å²) >= 11 is 0. The highest BCUT2D eigenvalue weighted by molar-refractivity contribution is 5.76. The molecule has 134 valence electrons. The van der Waals surface area contributed by atoms with Crippen molar-refractivity contribution < 1.29 is 9.90 Å². The first kappa shape index (κ1) is 17.5. The van der Waals surface area contributed by atoms with Crippen LogP contribution in [0.1, 0.15) is 43.2 Å². The predicted octanol–water partition coefficient (Wildman–Crippen LogP) is 3.30. The zero-order chi connectivity index (χ0) is 17.6. The number of aromatic hydroxyl groups is 1. The third-order valence-corrected chi connectivity index (χ3v) is 4.97. The minimum atomic E-state index is 0.239. The fourth-order valence-electron chi connectivity index (χ4n) is 3.57. The number of carbonyl (C=O) groups excluding carboxylic acids is 1. The number of phenols is 1. The Bertz CT molecular complexity index is 693. The predicted molar refractivity (Wildman–Crippen MR) is 97.4 cm³/mol. The van der Waals surface area contributed by atoms with Crippen LogP contribution in [0.4, 0.5) is 0 Å². The van der Waals surface area contributed by atoms with Crippen LogP contribution in [0.15, 0.2) is 36.7 Å². The topological polar surface area (TPSA) is 58.4 Å². The standard InChI is InChI=1S/C20H27N3O2/c1-16-14-21-22(15-16)13-11-20(25)23-12-3-2-4-18(23)8-5-17-6-9-19(24)10-7-17/h6-7,9-10,14-15,18,24H,2-5,8,11-13H2,1H3. The number of hydrogen-bond acceptors (Lipinski definition) is 3. The van der Waals surface area contributed by atoms with E-state index in [9.17, 15) is 9.90 Å². The summed E-state index contributed by atoms with van der Waals surface area (Å²) in [5.74, 6) is 0.538. The molecule has 0 spiro atoms. The van der Waals surface area contributed by atoms with Crippen LogP contribution in [0.2, 0.25) is 0 Å². The van der Waals surface area contributed by atoms with Gasteiger partial charge in [0, 0.05) is 31.7 Å². The minimum absolute atomic E-state index is 0.239. The van der Waals surface area contributed by atoms with Crippen LogP contribution < -0.4 is 0 Å². The van der Waals surface area contributed by atoms with Crippen LogP contribution in [0.25, 0.3) is 0 Å². The number of aryl methyl sites for hydroxylation is 3. The Hall–Kier alpha value is -2.30. The molecule has 5 heteroatoms. The van der Waals surface area contributed by atoms with Crippen LogP contribution in [-0.2, 0) is 17.8 Å². The van der Waals surface area contributed by atoms with Gasteiger partial charge < -0.3 is 10.0 Å².